The van der Waals surface area contributed by atoms with Crippen molar-refractivity contribution >= 4 is 27.5 Å². The zero-order valence-corrected chi connectivity index (χ0v) is 13.1. The normalized spacial score (nSPS) is 17.2. The Hall–Kier alpha value is -1.66. The third-order valence-corrected chi connectivity index (χ3v) is 4.75. The summed E-state index contributed by atoms with van der Waals surface area (Å²) < 4.78 is 2.88. The van der Waals surface area contributed by atoms with E-state index in [1.54, 1.807) is 7.05 Å². The van der Waals surface area contributed by atoms with Crippen molar-refractivity contribution in [2.75, 3.05) is 12.4 Å². The molecule has 1 aliphatic heterocycles. The Bertz CT molecular complexity index is 707. The number of fused-ring (bicyclic) bond motifs is 1. The summed E-state index contributed by atoms with van der Waals surface area (Å²) in [5.74, 6) is -0.0193. The molecule has 1 atom stereocenters. The van der Waals surface area contributed by atoms with Crippen molar-refractivity contribution in [1.82, 2.24) is 15.1 Å². The van der Waals surface area contributed by atoms with E-state index in [2.05, 4.69) is 31.7 Å². The first kappa shape index (κ1) is 13.3. The fourth-order valence-corrected chi connectivity index (χ4v) is 2.79. The quantitative estimate of drug-likeness (QED) is 0.886. The lowest BCUT2D eigenvalue weighted by atomic mass is 10.1. The number of carbonyl (C=O) groups is 1. The smallest absolute Gasteiger partial charge is 0.246 e. The summed E-state index contributed by atoms with van der Waals surface area (Å²) in [4.78, 5) is 11.8. The molecule has 0 saturated carbocycles. The topological polar surface area (TPSA) is 59.0 Å². The third kappa shape index (κ3) is 1.87. The Kier molecular flexibility index (Phi) is 3.14. The summed E-state index contributed by atoms with van der Waals surface area (Å²) in [6.45, 7) is 3.96. The van der Waals surface area contributed by atoms with E-state index < -0.39 is 0 Å². The summed E-state index contributed by atoms with van der Waals surface area (Å²) >= 11 is 3.53. The summed E-state index contributed by atoms with van der Waals surface area (Å²) in [5, 5.41) is 10.4. The van der Waals surface area contributed by atoms with Crippen LogP contribution in [-0.2, 0) is 4.79 Å². The van der Waals surface area contributed by atoms with Crippen molar-refractivity contribution in [3.05, 3.63) is 39.6 Å². The molecule has 3 rings (SSSR count). The average Bonchev–Trinajstić information content (AvgIpc) is 2.88. The van der Waals surface area contributed by atoms with Crippen molar-refractivity contribution in [3.8, 4) is 5.69 Å². The minimum Gasteiger partial charge on any atom is -0.324 e. The first-order chi connectivity index (χ1) is 9.52. The van der Waals surface area contributed by atoms with Gasteiger partial charge in [0.05, 0.1) is 21.5 Å². The number of benzene rings is 1. The van der Waals surface area contributed by atoms with E-state index in [0.29, 0.717) is 0 Å². The number of aryl methyl sites for hydroxylation is 1. The van der Waals surface area contributed by atoms with Crippen molar-refractivity contribution in [3.63, 3.8) is 0 Å². The van der Waals surface area contributed by atoms with E-state index in [9.17, 15) is 4.79 Å². The van der Waals surface area contributed by atoms with E-state index >= 15 is 0 Å². The molecule has 6 heteroatoms. The number of hydrogen-bond acceptors (Lipinski definition) is 3. The van der Waals surface area contributed by atoms with Crippen LogP contribution in [0.2, 0.25) is 0 Å². The molecule has 0 spiro atoms. The van der Waals surface area contributed by atoms with E-state index in [0.717, 1.165) is 32.8 Å². The predicted octanol–water partition coefficient (Wildman–Crippen LogP) is 2.46. The van der Waals surface area contributed by atoms with Crippen molar-refractivity contribution in [1.29, 1.82) is 0 Å². The maximum Gasteiger partial charge on any atom is 0.246 e. The SMILES string of the molecule is CNC1C(=O)Nc2cc(-n3nc(C)c(Br)c3C)ccc21. The highest BCUT2D eigenvalue weighted by Gasteiger charge is 2.29. The Labute approximate surface area is 125 Å². The Morgan fingerprint density at radius 1 is 1.40 bits per heavy atom. The van der Waals surface area contributed by atoms with Crippen LogP contribution in [-0.4, -0.2) is 22.7 Å². The van der Waals surface area contributed by atoms with Gasteiger partial charge in [0.1, 0.15) is 6.04 Å². The van der Waals surface area contributed by atoms with Gasteiger partial charge in [0.2, 0.25) is 5.91 Å². The number of likely N-dealkylation sites (N-methyl/N-ethyl adjacent to an activating group) is 1. The van der Waals surface area contributed by atoms with Gasteiger partial charge in [0.25, 0.3) is 0 Å². The van der Waals surface area contributed by atoms with Crippen LogP contribution in [0.4, 0.5) is 5.69 Å². The number of carbonyl (C=O) groups excluding carboxylic acids is 1. The molecular weight excluding hydrogens is 320 g/mol. The second-order valence-corrected chi connectivity index (χ2v) is 5.67. The molecule has 1 aromatic heterocycles. The Morgan fingerprint density at radius 3 is 2.75 bits per heavy atom. The predicted molar refractivity (Wildman–Crippen MR) is 81.2 cm³/mol. The van der Waals surface area contributed by atoms with E-state index in [1.807, 2.05) is 36.7 Å². The molecule has 5 nitrogen and oxygen atoms in total. The maximum atomic E-state index is 11.8. The number of nitrogens with zero attached hydrogens (tertiary/aromatic N) is 2. The Morgan fingerprint density at radius 2 is 2.15 bits per heavy atom. The van der Waals surface area contributed by atoms with E-state index in [-0.39, 0.29) is 11.9 Å². The van der Waals surface area contributed by atoms with E-state index in [4.69, 9.17) is 0 Å². The van der Waals surface area contributed by atoms with Crippen molar-refractivity contribution < 1.29 is 4.79 Å². The van der Waals surface area contributed by atoms with Crippen LogP contribution in [0.15, 0.2) is 22.7 Å². The highest BCUT2D eigenvalue weighted by atomic mass is 79.9. The lowest BCUT2D eigenvalue weighted by molar-refractivity contribution is -0.117. The number of hydrogen-bond donors (Lipinski definition) is 2. The van der Waals surface area contributed by atoms with Crippen molar-refractivity contribution in [2.45, 2.75) is 19.9 Å². The molecule has 0 bridgehead atoms. The van der Waals surface area contributed by atoms with Gasteiger partial charge in [-0.15, -0.1) is 0 Å². The molecule has 2 N–H and O–H groups in total. The van der Waals surface area contributed by atoms with Crippen LogP contribution in [0.25, 0.3) is 5.69 Å². The number of rotatable bonds is 2. The number of halogens is 1. The number of anilines is 1. The van der Waals surface area contributed by atoms with Gasteiger partial charge in [-0.1, -0.05) is 6.07 Å². The van der Waals surface area contributed by atoms with Gasteiger partial charge in [-0.2, -0.15) is 5.10 Å². The van der Waals surface area contributed by atoms with E-state index in [1.165, 1.54) is 0 Å². The summed E-state index contributed by atoms with van der Waals surface area (Å²) in [5.41, 5.74) is 4.74. The van der Waals surface area contributed by atoms with Crippen LogP contribution in [0.5, 0.6) is 0 Å². The molecule has 1 aliphatic rings. The van der Waals surface area contributed by atoms with Crippen molar-refractivity contribution in [2.24, 2.45) is 0 Å². The lowest BCUT2D eigenvalue weighted by Crippen LogP contribution is -2.23. The first-order valence-corrected chi connectivity index (χ1v) is 7.16. The molecule has 0 radical (unpaired) electrons. The number of nitrogens with one attached hydrogen (secondary N) is 2. The lowest BCUT2D eigenvalue weighted by Gasteiger charge is -2.09. The highest BCUT2D eigenvalue weighted by Crippen LogP contribution is 2.33. The summed E-state index contributed by atoms with van der Waals surface area (Å²) in [7, 11) is 1.78. The molecule has 1 unspecified atom stereocenters. The second kappa shape index (κ2) is 4.71. The minimum absolute atomic E-state index is 0.0193. The average molecular weight is 335 g/mol. The molecule has 1 aromatic carbocycles. The summed E-state index contributed by atoms with van der Waals surface area (Å²) in [6.07, 6.45) is 0. The van der Waals surface area contributed by atoms with Crippen LogP contribution < -0.4 is 10.6 Å². The molecule has 1 amide bonds. The van der Waals surface area contributed by atoms with Crippen LogP contribution >= 0.6 is 15.9 Å². The molecular formula is C14H15BrN4O. The first-order valence-electron chi connectivity index (χ1n) is 6.37. The van der Waals surface area contributed by atoms with Gasteiger partial charge in [-0.05, 0) is 49.0 Å². The largest absolute Gasteiger partial charge is 0.324 e. The standard InChI is InChI=1S/C14H15BrN4O/c1-7-12(15)8(2)19(18-7)9-4-5-10-11(6-9)17-14(20)13(10)16-3/h4-6,13,16H,1-3H3,(H,17,20). The van der Waals surface area contributed by atoms with Gasteiger partial charge in [0, 0.05) is 11.3 Å². The fourth-order valence-electron chi connectivity index (χ4n) is 2.54. The van der Waals surface area contributed by atoms with Gasteiger partial charge in [-0.25, -0.2) is 4.68 Å². The van der Waals surface area contributed by atoms with Crippen LogP contribution in [0.3, 0.4) is 0 Å². The monoisotopic (exact) mass is 334 g/mol. The van der Waals surface area contributed by atoms with Gasteiger partial charge in [0.15, 0.2) is 0 Å². The molecule has 104 valence electrons. The molecule has 0 saturated heterocycles. The molecule has 2 heterocycles. The minimum atomic E-state index is -0.272. The second-order valence-electron chi connectivity index (χ2n) is 4.88. The molecule has 2 aromatic rings. The molecule has 0 aliphatic carbocycles. The van der Waals surface area contributed by atoms with Crippen LogP contribution in [0, 0.1) is 13.8 Å². The fraction of sp³-hybridized carbons (Fsp3) is 0.286. The number of aromatic nitrogens is 2. The maximum absolute atomic E-state index is 11.8. The molecule has 20 heavy (non-hydrogen) atoms. The summed E-state index contributed by atoms with van der Waals surface area (Å²) in [6, 6.07) is 5.63. The zero-order chi connectivity index (χ0) is 14.4. The highest BCUT2D eigenvalue weighted by molar-refractivity contribution is 9.10. The zero-order valence-electron chi connectivity index (χ0n) is 11.5. The number of amides is 1. The van der Waals surface area contributed by atoms with Crippen LogP contribution in [0.1, 0.15) is 23.0 Å². The molecule has 0 fully saturated rings. The van der Waals surface area contributed by atoms with Gasteiger partial charge < -0.3 is 10.6 Å². The van der Waals surface area contributed by atoms with Gasteiger partial charge >= 0.3 is 0 Å². The third-order valence-electron chi connectivity index (χ3n) is 3.60. The Balaban J connectivity index is 2.08. The van der Waals surface area contributed by atoms with Gasteiger partial charge in [-0.3, -0.25) is 4.79 Å².